The molecule has 4 rings (SSSR count). The van der Waals surface area contributed by atoms with Gasteiger partial charge in [0.25, 0.3) is 5.56 Å². The summed E-state index contributed by atoms with van der Waals surface area (Å²) < 4.78 is 29.3. The van der Waals surface area contributed by atoms with E-state index in [0.29, 0.717) is 42.1 Å². The molecule has 1 fully saturated rings. The summed E-state index contributed by atoms with van der Waals surface area (Å²) in [5.41, 5.74) is 2.75. The third-order valence-corrected chi connectivity index (χ3v) is 7.93. The molecule has 0 atom stereocenters. The minimum atomic E-state index is -3.53. The van der Waals surface area contributed by atoms with Crippen LogP contribution in [0, 0.1) is 6.92 Å². The lowest BCUT2D eigenvalue weighted by atomic mass is 10.0. The van der Waals surface area contributed by atoms with Crippen LogP contribution < -0.4 is 5.56 Å². The molecule has 2 aromatic carbocycles. The minimum absolute atomic E-state index is 0.0512. The van der Waals surface area contributed by atoms with Gasteiger partial charge >= 0.3 is 0 Å². The van der Waals surface area contributed by atoms with Gasteiger partial charge < -0.3 is 0 Å². The van der Waals surface area contributed by atoms with Crippen LogP contribution in [0.3, 0.4) is 0 Å². The lowest BCUT2D eigenvalue weighted by Gasteiger charge is -2.32. The maximum absolute atomic E-state index is 13.0. The lowest BCUT2D eigenvalue weighted by molar-refractivity contribution is 0.269. The second-order valence-electron chi connectivity index (χ2n) is 8.29. The fourth-order valence-corrected chi connectivity index (χ4v) is 5.58. The maximum atomic E-state index is 13.0. The van der Waals surface area contributed by atoms with Crippen molar-refractivity contribution in [2.45, 2.75) is 50.5 Å². The molecule has 158 valence electrons. The highest BCUT2D eigenvalue weighted by atomic mass is 32.2. The largest absolute Gasteiger partial charge is 0.296 e. The van der Waals surface area contributed by atoms with Crippen molar-refractivity contribution in [3.8, 4) is 0 Å². The van der Waals surface area contributed by atoms with Gasteiger partial charge in [0.05, 0.1) is 22.1 Å². The Hall–Kier alpha value is -2.51. The summed E-state index contributed by atoms with van der Waals surface area (Å²) >= 11 is 0. The zero-order valence-corrected chi connectivity index (χ0v) is 18.4. The molecular weight excluding hydrogens is 398 g/mol. The average molecular weight is 426 g/mol. The summed E-state index contributed by atoms with van der Waals surface area (Å²) in [4.78, 5) is 17.8. The molecule has 7 heteroatoms. The maximum Gasteiger partial charge on any atom is 0.261 e. The smallest absolute Gasteiger partial charge is 0.261 e. The van der Waals surface area contributed by atoms with Gasteiger partial charge in [-0.15, -0.1) is 0 Å². The molecular formula is C23H27N3O3S. The third-order valence-electron chi connectivity index (χ3n) is 6.02. The molecule has 0 aliphatic carbocycles. The van der Waals surface area contributed by atoms with Crippen LogP contribution in [0.4, 0.5) is 0 Å². The molecule has 0 spiro atoms. The van der Waals surface area contributed by atoms with Crippen molar-refractivity contribution < 1.29 is 8.42 Å². The Bertz CT molecular complexity index is 1220. The molecule has 0 amide bonds. The molecule has 0 radical (unpaired) electrons. The fraction of sp³-hybridized carbons (Fsp3) is 0.391. The van der Waals surface area contributed by atoms with Crippen LogP contribution in [-0.2, 0) is 10.0 Å². The molecule has 0 bridgehead atoms. The monoisotopic (exact) mass is 425 g/mol. The van der Waals surface area contributed by atoms with E-state index in [4.69, 9.17) is 0 Å². The molecule has 3 aromatic rings. The van der Waals surface area contributed by atoms with Crippen molar-refractivity contribution in [3.63, 3.8) is 0 Å². The summed E-state index contributed by atoms with van der Waals surface area (Å²) in [5.74, 6) is 0.357. The highest BCUT2D eigenvalue weighted by Gasteiger charge is 2.30. The van der Waals surface area contributed by atoms with E-state index in [2.05, 4.69) is 18.8 Å². The Balaban J connectivity index is 1.53. The van der Waals surface area contributed by atoms with Crippen molar-refractivity contribution >= 4 is 20.9 Å². The summed E-state index contributed by atoms with van der Waals surface area (Å²) in [6.45, 7) is 6.88. The Morgan fingerprint density at radius 3 is 2.33 bits per heavy atom. The number of rotatable bonds is 4. The molecule has 2 heterocycles. The summed E-state index contributed by atoms with van der Waals surface area (Å²) in [5, 5.41) is 0.609. The SMILES string of the molecule is Cc1cccc2c(=O)n(C3CCN(S(=O)(=O)c4ccc(C(C)C)cc4)CC3)cnc12. The second-order valence-corrected chi connectivity index (χ2v) is 10.2. The first-order valence-electron chi connectivity index (χ1n) is 10.4. The van der Waals surface area contributed by atoms with Crippen LogP contribution in [0.25, 0.3) is 10.9 Å². The van der Waals surface area contributed by atoms with Crippen molar-refractivity contribution in [1.29, 1.82) is 0 Å². The molecule has 6 nitrogen and oxygen atoms in total. The number of hydrogen-bond donors (Lipinski definition) is 0. The first-order valence-corrected chi connectivity index (χ1v) is 11.8. The van der Waals surface area contributed by atoms with Gasteiger partial charge in [-0.3, -0.25) is 9.36 Å². The van der Waals surface area contributed by atoms with E-state index in [1.165, 1.54) is 4.31 Å². The van der Waals surface area contributed by atoms with Crippen LogP contribution in [0.5, 0.6) is 0 Å². The molecule has 1 saturated heterocycles. The van der Waals surface area contributed by atoms with Gasteiger partial charge in [-0.25, -0.2) is 13.4 Å². The van der Waals surface area contributed by atoms with E-state index < -0.39 is 10.0 Å². The van der Waals surface area contributed by atoms with Crippen molar-refractivity contribution in [2.75, 3.05) is 13.1 Å². The van der Waals surface area contributed by atoms with Crippen LogP contribution in [0.1, 0.15) is 49.8 Å². The van der Waals surface area contributed by atoms with Crippen LogP contribution in [0.2, 0.25) is 0 Å². The number of hydrogen-bond acceptors (Lipinski definition) is 4. The van der Waals surface area contributed by atoms with Gasteiger partial charge in [0, 0.05) is 19.1 Å². The van der Waals surface area contributed by atoms with E-state index in [9.17, 15) is 13.2 Å². The van der Waals surface area contributed by atoms with E-state index in [0.717, 1.165) is 16.6 Å². The highest BCUT2D eigenvalue weighted by Crippen LogP contribution is 2.27. The third kappa shape index (κ3) is 3.68. The van der Waals surface area contributed by atoms with Gasteiger partial charge in [0.2, 0.25) is 10.0 Å². The molecule has 0 unspecified atom stereocenters. The molecule has 30 heavy (non-hydrogen) atoms. The minimum Gasteiger partial charge on any atom is -0.296 e. The number of aryl methyl sites for hydroxylation is 1. The number of para-hydroxylation sites is 1. The highest BCUT2D eigenvalue weighted by molar-refractivity contribution is 7.89. The Kier molecular flexibility index (Phi) is 5.51. The fourth-order valence-electron chi connectivity index (χ4n) is 4.11. The average Bonchev–Trinajstić information content (AvgIpc) is 2.75. The number of piperidine rings is 1. The van der Waals surface area contributed by atoms with Gasteiger partial charge in [0.1, 0.15) is 0 Å². The zero-order valence-electron chi connectivity index (χ0n) is 17.6. The molecule has 1 aliphatic rings. The number of nitrogens with zero attached hydrogens (tertiary/aromatic N) is 3. The normalized spacial score (nSPS) is 16.4. The van der Waals surface area contributed by atoms with Crippen LogP contribution in [0.15, 0.2) is 58.5 Å². The lowest BCUT2D eigenvalue weighted by Crippen LogP contribution is -2.40. The van der Waals surface area contributed by atoms with Gasteiger partial charge in [-0.1, -0.05) is 38.1 Å². The Labute approximate surface area is 177 Å². The standard InChI is InChI=1S/C23H27N3O3S/c1-16(2)18-7-9-20(10-8-18)30(28,29)25-13-11-19(12-14-25)26-15-24-22-17(3)5-4-6-21(22)23(26)27/h4-10,15-16,19H,11-14H2,1-3H3. The van der Waals surface area contributed by atoms with E-state index >= 15 is 0 Å². The van der Waals surface area contributed by atoms with E-state index in [1.807, 2.05) is 31.2 Å². The van der Waals surface area contributed by atoms with Gasteiger partial charge in [0.15, 0.2) is 0 Å². The molecule has 0 N–H and O–H groups in total. The quantitative estimate of drug-likeness (QED) is 0.636. The van der Waals surface area contributed by atoms with Gasteiger partial charge in [-0.05, 0) is 55.0 Å². The number of benzene rings is 2. The second kappa shape index (κ2) is 7.96. The van der Waals surface area contributed by atoms with Crippen molar-refractivity contribution in [2.24, 2.45) is 0 Å². The van der Waals surface area contributed by atoms with Crippen LogP contribution >= 0.6 is 0 Å². The summed E-state index contributed by atoms with van der Waals surface area (Å²) in [6, 6.07) is 12.7. The Morgan fingerprint density at radius 1 is 1.03 bits per heavy atom. The Morgan fingerprint density at radius 2 is 1.70 bits per heavy atom. The van der Waals surface area contributed by atoms with E-state index in [-0.39, 0.29) is 11.6 Å². The number of fused-ring (bicyclic) bond motifs is 1. The van der Waals surface area contributed by atoms with Crippen LogP contribution in [-0.4, -0.2) is 35.4 Å². The molecule has 0 saturated carbocycles. The van der Waals surface area contributed by atoms with Crippen molar-refractivity contribution in [3.05, 3.63) is 70.3 Å². The first kappa shape index (κ1) is 20.8. The predicted molar refractivity (Wildman–Crippen MR) is 118 cm³/mol. The summed E-state index contributed by atoms with van der Waals surface area (Å²) in [7, 11) is -3.53. The number of sulfonamides is 1. The van der Waals surface area contributed by atoms with Gasteiger partial charge in [-0.2, -0.15) is 4.31 Å². The summed E-state index contributed by atoms with van der Waals surface area (Å²) in [6.07, 6.45) is 2.78. The molecule has 1 aliphatic heterocycles. The zero-order chi connectivity index (χ0) is 21.5. The van der Waals surface area contributed by atoms with Crippen molar-refractivity contribution in [1.82, 2.24) is 13.9 Å². The first-order chi connectivity index (χ1) is 14.3. The van der Waals surface area contributed by atoms with E-state index in [1.54, 1.807) is 29.1 Å². The topological polar surface area (TPSA) is 72.3 Å². The molecule has 1 aromatic heterocycles. The predicted octanol–water partition coefficient (Wildman–Crippen LogP) is 3.85. The number of aromatic nitrogens is 2.